The Hall–Kier alpha value is -3.51. The van der Waals surface area contributed by atoms with Gasteiger partial charge in [0.25, 0.3) is 15.9 Å². The van der Waals surface area contributed by atoms with E-state index < -0.39 is 15.9 Å². The first kappa shape index (κ1) is 26.6. The molecule has 0 bridgehead atoms. The summed E-state index contributed by atoms with van der Waals surface area (Å²) in [4.78, 5) is 29.2. The van der Waals surface area contributed by atoms with Crippen molar-refractivity contribution in [3.05, 3.63) is 82.1 Å². The van der Waals surface area contributed by atoms with Crippen LogP contribution in [0.2, 0.25) is 5.02 Å². The van der Waals surface area contributed by atoms with E-state index in [2.05, 4.69) is 15.0 Å². The van der Waals surface area contributed by atoms with Crippen LogP contribution >= 0.6 is 22.9 Å². The van der Waals surface area contributed by atoms with Gasteiger partial charge in [0.05, 0.1) is 21.7 Å². The monoisotopic (exact) mass is 558 g/mol. The normalized spacial score (nSPS) is 12.0. The van der Waals surface area contributed by atoms with Crippen LogP contribution in [0.3, 0.4) is 0 Å². The van der Waals surface area contributed by atoms with Crippen LogP contribution in [0.15, 0.2) is 76.6 Å². The summed E-state index contributed by atoms with van der Waals surface area (Å²) in [6.45, 7) is 2.33. The van der Waals surface area contributed by atoms with E-state index in [1.165, 1.54) is 66.8 Å². The lowest BCUT2D eigenvalue weighted by Crippen LogP contribution is -2.19. The molecule has 3 aromatic carbocycles. The van der Waals surface area contributed by atoms with Gasteiger partial charge in [0.2, 0.25) is 5.91 Å². The van der Waals surface area contributed by atoms with Crippen molar-refractivity contribution in [3.63, 3.8) is 0 Å². The minimum absolute atomic E-state index is 0.0686. The lowest BCUT2D eigenvalue weighted by molar-refractivity contribution is -0.114. The van der Waals surface area contributed by atoms with Gasteiger partial charge < -0.3 is 14.6 Å². The van der Waals surface area contributed by atoms with Crippen LogP contribution in [0.5, 0.6) is 0 Å². The molecule has 4 aromatic rings. The third-order valence-corrected chi connectivity index (χ3v) is 7.92. The minimum Gasteiger partial charge on any atom is -0.383 e. The number of carbonyl (C=O) groups excluding carboxylic acids is 2. The molecule has 9 nitrogen and oxygen atoms in total. The fourth-order valence-corrected chi connectivity index (χ4v) is 5.78. The van der Waals surface area contributed by atoms with E-state index in [4.69, 9.17) is 16.3 Å². The van der Waals surface area contributed by atoms with Crippen molar-refractivity contribution in [1.82, 2.24) is 4.57 Å². The van der Waals surface area contributed by atoms with Crippen molar-refractivity contribution in [2.45, 2.75) is 18.4 Å². The molecule has 2 amide bonds. The van der Waals surface area contributed by atoms with E-state index in [1.54, 1.807) is 13.2 Å². The van der Waals surface area contributed by atoms with E-state index in [-0.39, 0.29) is 10.8 Å². The predicted octanol–water partition coefficient (Wildman–Crippen LogP) is 4.50. The summed E-state index contributed by atoms with van der Waals surface area (Å²) in [6, 6.07) is 17.3. The van der Waals surface area contributed by atoms with Crippen molar-refractivity contribution in [1.29, 1.82) is 0 Å². The highest BCUT2D eigenvalue weighted by atomic mass is 35.5. The van der Waals surface area contributed by atoms with Gasteiger partial charge >= 0.3 is 0 Å². The first-order chi connectivity index (χ1) is 17.7. The van der Waals surface area contributed by atoms with Crippen LogP contribution in [-0.4, -0.2) is 38.5 Å². The second kappa shape index (κ2) is 11.3. The molecule has 4 rings (SSSR count). The van der Waals surface area contributed by atoms with Crippen molar-refractivity contribution in [2.75, 3.05) is 23.8 Å². The van der Waals surface area contributed by atoms with Gasteiger partial charge in [0.15, 0.2) is 4.80 Å². The minimum atomic E-state index is -3.81. The fourth-order valence-electron chi connectivity index (χ4n) is 3.50. The van der Waals surface area contributed by atoms with Gasteiger partial charge in [-0.05, 0) is 66.7 Å². The van der Waals surface area contributed by atoms with Crippen molar-refractivity contribution in [3.8, 4) is 0 Å². The first-order valence-corrected chi connectivity index (χ1v) is 13.7. The lowest BCUT2D eigenvalue weighted by Gasteiger charge is -2.08. The van der Waals surface area contributed by atoms with Gasteiger partial charge in [-0.1, -0.05) is 22.9 Å². The van der Waals surface area contributed by atoms with E-state index in [0.29, 0.717) is 39.9 Å². The number of benzene rings is 3. The van der Waals surface area contributed by atoms with Gasteiger partial charge in [-0.3, -0.25) is 14.3 Å². The molecule has 192 valence electrons. The molecule has 0 aliphatic rings. The maximum Gasteiger partial charge on any atom is 0.279 e. The quantitative estimate of drug-likeness (QED) is 0.330. The van der Waals surface area contributed by atoms with Crippen LogP contribution in [-0.2, 0) is 26.1 Å². The van der Waals surface area contributed by atoms with Gasteiger partial charge in [-0.25, -0.2) is 8.42 Å². The molecule has 1 aromatic heterocycles. The zero-order valence-electron chi connectivity index (χ0n) is 19.9. The SMILES string of the molecule is COCCn1c(=NC(=O)c2ccc(NS(=O)(=O)c3ccc(Cl)cc3)cc2)sc2cc(NC(C)=O)ccc21. The van der Waals surface area contributed by atoms with Crippen LogP contribution in [0.25, 0.3) is 10.2 Å². The number of hydrogen-bond donors (Lipinski definition) is 2. The van der Waals surface area contributed by atoms with Crippen LogP contribution in [0, 0.1) is 0 Å². The number of nitrogens with one attached hydrogen (secondary N) is 2. The third-order valence-electron chi connectivity index (χ3n) is 5.23. The number of ether oxygens (including phenoxy) is 1. The Balaban J connectivity index is 1.60. The van der Waals surface area contributed by atoms with Crippen molar-refractivity contribution < 1.29 is 22.7 Å². The summed E-state index contributed by atoms with van der Waals surface area (Å²) in [5, 5.41) is 3.18. The number of thiazole rings is 1. The number of fused-ring (bicyclic) bond motifs is 1. The number of methoxy groups -OCH3 is 1. The first-order valence-electron chi connectivity index (χ1n) is 11.0. The van der Waals surface area contributed by atoms with Gasteiger partial charge in [-0.2, -0.15) is 4.99 Å². The van der Waals surface area contributed by atoms with E-state index >= 15 is 0 Å². The summed E-state index contributed by atoms with van der Waals surface area (Å²) in [7, 11) is -2.22. The van der Waals surface area contributed by atoms with Gasteiger partial charge in [-0.15, -0.1) is 0 Å². The summed E-state index contributed by atoms with van der Waals surface area (Å²) in [5.74, 6) is -0.658. The summed E-state index contributed by atoms with van der Waals surface area (Å²) in [5.41, 5.74) is 2.10. The molecule has 0 aliphatic heterocycles. The van der Waals surface area contributed by atoms with E-state index in [9.17, 15) is 18.0 Å². The van der Waals surface area contributed by atoms with Crippen LogP contribution < -0.4 is 14.8 Å². The summed E-state index contributed by atoms with van der Waals surface area (Å²) >= 11 is 7.15. The Morgan fingerprint density at radius 2 is 1.70 bits per heavy atom. The topological polar surface area (TPSA) is 119 Å². The highest BCUT2D eigenvalue weighted by Crippen LogP contribution is 2.23. The maximum atomic E-state index is 13.0. The molecule has 37 heavy (non-hydrogen) atoms. The number of rotatable bonds is 8. The third kappa shape index (κ3) is 6.44. The molecule has 0 saturated heterocycles. The molecular formula is C25H23ClN4O5S2. The zero-order chi connectivity index (χ0) is 26.6. The second-order valence-electron chi connectivity index (χ2n) is 7.95. The largest absolute Gasteiger partial charge is 0.383 e. The predicted molar refractivity (Wildman–Crippen MR) is 145 cm³/mol. The molecule has 2 N–H and O–H groups in total. The number of halogens is 1. The Morgan fingerprint density at radius 3 is 2.35 bits per heavy atom. The molecule has 0 atom stereocenters. The molecule has 12 heteroatoms. The standard InChI is InChI=1S/C25H23ClN4O5S2/c1-16(31)27-20-9-12-22-23(15-20)36-25(30(22)13-14-35-2)28-24(32)17-3-7-19(8-4-17)29-37(33,34)21-10-5-18(26)6-11-21/h3-12,15,29H,13-14H2,1-2H3,(H,27,31). The highest BCUT2D eigenvalue weighted by Gasteiger charge is 2.15. The smallest absolute Gasteiger partial charge is 0.279 e. The van der Waals surface area contributed by atoms with Crippen LogP contribution in [0.4, 0.5) is 11.4 Å². The van der Waals surface area contributed by atoms with Gasteiger partial charge in [0, 0.05) is 42.5 Å². The average Bonchev–Trinajstić information content (AvgIpc) is 3.18. The molecule has 1 heterocycles. The number of nitrogens with zero attached hydrogens (tertiary/aromatic N) is 2. The highest BCUT2D eigenvalue weighted by molar-refractivity contribution is 7.92. The molecule has 0 saturated carbocycles. The lowest BCUT2D eigenvalue weighted by atomic mass is 10.2. The van der Waals surface area contributed by atoms with Crippen molar-refractivity contribution >= 4 is 66.4 Å². The van der Waals surface area contributed by atoms with Gasteiger partial charge in [0.1, 0.15) is 0 Å². The molecule has 0 aliphatic carbocycles. The Morgan fingerprint density at radius 1 is 1.03 bits per heavy atom. The number of hydrogen-bond acceptors (Lipinski definition) is 6. The number of sulfonamides is 1. The summed E-state index contributed by atoms with van der Waals surface area (Å²) < 4.78 is 35.6. The number of carbonyl (C=O) groups is 2. The number of anilines is 2. The molecule has 0 fully saturated rings. The Bertz CT molecular complexity index is 1630. The number of amides is 2. The molecule has 0 radical (unpaired) electrons. The van der Waals surface area contributed by atoms with Crippen molar-refractivity contribution in [2.24, 2.45) is 4.99 Å². The molecular weight excluding hydrogens is 536 g/mol. The second-order valence-corrected chi connectivity index (χ2v) is 11.1. The molecule has 0 spiro atoms. The molecule has 0 unspecified atom stereocenters. The van der Waals surface area contributed by atoms with E-state index in [1.807, 2.05) is 16.7 Å². The average molecular weight is 559 g/mol. The summed E-state index contributed by atoms with van der Waals surface area (Å²) in [6.07, 6.45) is 0. The Kier molecular flexibility index (Phi) is 8.08. The van der Waals surface area contributed by atoms with Crippen LogP contribution in [0.1, 0.15) is 17.3 Å². The Labute approximate surface area is 222 Å². The number of aromatic nitrogens is 1. The maximum absolute atomic E-state index is 13.0. The zero-order valence-corrected chi connectivity index (χ0v) is 22.3. The fraction of sp³-hybridized carbons (Fsp3) is 0.160. The van der Waals surface area contributed by atoms with E-state index in [0.717, 1.165) is 10.2 Å².